The number of aliphatic carboxylic acids is 1. The fourth-order valence-electron chi connectivity index (χ4n) is 0.654. The topological polar surface area (TPSA) is 66.3 Å². The van der Waals surface area contributed by atoms with Gasteiger partial charge in [-0.15, -0.1) is 0 Å². The van der Waals surface area contributed by atoms with E-state index in [2.05, 4.69) is 9.36 Å². The molecule has 1 heterocycles. The van der Waals surface area contributed by atoms with E-state index in [1.807, 2.05) is 0 Å². The number of rotatable bonds is 3. The summed E-state index contributed by atoms with van der Waals surface area (Å²) in [6, 6.07) is -0.571. The fourth-order valence-corrected chi connectivity index (χ4v) is 1.22. The molecule has 0 saturated heterocycles. The Bertz CT molecular complexity index is 262. The molecular formula is C6H9N3O2S. The predicted molar refractivity (Wildman–Crippen MR) is 45.4 cm³/mol. The number of hydrogen-bond donors (Lipinski definition) is 1. The Hall–Kier alpha value is -1.17. The summed E-state index contributed by atoms with van der Waals surface area (Å²) < 4.78 is 3.78. The van der Waals surface area contributed by atoms with Crippen LogP contribution in [0.1, 0.15) is 6.92 Å². The lowest BCUT2D eigenvalue weighted by atomic mass is 10.3. The van der Waals surface area contributed by atoms with Crippen molar-refractivity contribution in [1.82, 2.24) is 9.36 Å². The first-order valence-electron chi connectivity index (χ1n) is 3.35. The van der Waals surface area contributed by atoms with Crippen LogP contribution in [0, 0.1) is 0 Å². The molecule has 0 fully saturated rings. The van der Waals surface area contributed by atoms with Gasteiger partial charge in [0, 0.05) is 18.6 Å². The lowest BCUT2D eigenvalue weighted by Gasteiger charge is -2.19. The van der Waals surface area contributed by atoms with Crippen LogP contribution in [0.2, 0.25) is 0 Å². The Morgan fingerprint density at radius 2 is 2.50 bits per heavy atom. The normalized spacial score (nSPS) is 12.5. The minimum absolute atomic E-state index is 0.571. The van der Waals surface area contributed by atoms with Crippen molar-refractivity contribution in [2.45, 2.75) is 13.0 Å². The smallest absolute Gasteiger partial charge is 0.326 e. The lowest BCUT2D eigenvalue weighted by Crippen LogP contribution is -2.35. The maximum atomic E-state index is 10.6. The van der Waals surface area contributed by atoms with Crippen molar-refractivity contribution in [2.24, 2.45) is 0 Å². The molecule has 0 radical (unpaired) electrons. The fraction of sp³-hybridized carbons (Fsp3) is 0.500. The molecule has 1 aromatic heterocycles. The van der Waals surface area contributed by atoms with Crippen LogP contribution >= 0.6 is 11.5 Å². The van der Waals surface area contributed by atoms with Crippen LogP contribution in [0.25, 0.3) is 0 Å². The van der Waals surface area contributed by atoms with Crippen LogP contribution in [0.15, 0.2) is 6.33 Å². The molecular weight excluding hydrogens is 178 g/mol. The zero-order valence-electron chi connectivity index (χ0n) is 6.76. The van der Waals surface area contributed by atoms with E-state index in [0.29, 0.717) is 5.13 Å². The quantitative estimate of drug-likeness (QED) is 0.744. The summed E-state index contributed by atoms with van der Waals surface area (Å²) >= 11 is 1.18. The average Bonchev–Trinajstić information content (AvgIpc) is 2.53. The first-order valence-corrected chi connectivity index (χ1v) is 4.12. The monoisotopic (exact) mass is 187 g/mol. The van der Waals surface area contributed by atoms with E-state index in [0.717, 1.165) is 0 Å². The summed E-state index contributed by atoms with van der Waals surface area (Å²) in [5, 5.41) is 9.28. The largest absolute Gasteiger partial charge is 0.480 e. The van der Waals surface area contributed by atoms with Gasteiger partial charge in [-0.2, -0.15) is 4.37 Å². The van der Waals surface area contributed by atoms with Crippen LogP contribution < -0.4 is 4.90 Å². The number of aromatic nitrogens is 2. The predicted octanol–water partition coefficient (Wildman–Crippen LogP) is 0.447. The van der Waals surface area contributed by atoms with Gasteiger partial charge in [-0.25, -0.2) is 9.78 Å². The number of nitrogens with zero attached hydrogens (tertiary/aromatic N) is 3. The molecule has 66 valence electrons. The summed E-state index contributed by atoms with van der Waals surface area (Å²) in [6.45, 7) is 1.60. The van der Waals surface area contributed by atoms with Crippen molar-refractivity contribution in [2.75, 3.05) is 11.9 Å². The van der Waals surface area contributed by atoms with Crippen LogP contribution in [-0.4, -0.2) is 33.5 Å². The lowest BCUT2D eigenvalue weighted by molar-refractivity contribution is -0.138. The van der Waals surface area contributed by atoms with Gasteiger partial charge in [-0.05, 0) is 6.92 Å². The first-order chi connectivity index (χ1) is 5.63. The van der Waals surface area contributed by atoms with Gasteiger partial charge in [0.05, 0.1) is 0 Å². The van der Waals surface area contributed by atoms with Gasteiger partial charge in [0.15, 0.2) is 0 Å². The molecule has 0 amide bonds. The molecule has 6 heteroatoms. The van der Waals surface area contributed by atoms with Crippen molar-refractivity contribution >= 4 is 22.6 Å². The third kappa shape index (κ3) is 1.70. The molecule has 5 nitrogen and oxygen atoms in total. The molecule has 0 spiro atoms. The van der Waals surface area contributed by atoms with Crippen molar-refractivity contribution in [1.29, 1.82) is 0 Å². The van der Waals surface area contributed by atoms with E-state index < -0.39 is 12.0 Å². The molecule has 0 aliphatic rings. The Kier molecular flexibility index (Phi) is 2.59. The highest BCUT2D eigenvalue weighted by atomic mass is 32.1. The van der Waals surface area contributed by atoms with Crippen molar-refractivity contribution in [3.8, 4) is 0 Å². The maximum Gasteiger partial charge on any atom is 0.326 e. The number of carbonyl (C=O) groups is 1. The number of hydrogen-bond acceptors (Lipinski definition) is 5. The van der Waals surface area contributed by atoms with Gasteiger partial charge in [0.2, 0.25) is 5.13 Å². The van der Waals surface area contributed by atoms with E-state index in [1.54, 1.807) is 18.9 Å². The molecule has 1 rings (SSSR count). The van der Waals surface area contributed by atoms with Crippen LogP contribution in [0.4, 0.5) is 5.13 Å². The van der Waals surface area contributed by atoms with Gasteiger partial charge in [-0.1, -0.05) is 0 Å². The standard InChI is InChI=1S/C6H9N3O2S/c1-4(5(10)11)9(2)6-7-3-8-12-6/h3-4H,1-2H3,(H,10,11). The van der Waals surface area contributed by atoms with E-state index in [1.165, 1.54) is 17.9 Å². The second-order valence-corrected chi connectivity index (χ2v) is 3.11. The molecule has 0 aromatic carbocycles. The van der Waals surface area contributed by atoms with Gasteiger partial charge < -0.3 is 10.0 Å². The molecule has 0 aliphatic heterocycles. The van der Waals surface area contributed by atoms with E-state index >= 15 is 0 Å². The highest BCUT2D eigenvalue weighted by Gasteiger charge is 2.18. The molecule has 0 saturated carbocycles. The zero-order chi connectivity index (χ0) is 9.14. The summed E-state index contributed by atoms with van der Waals surface area (Å²) in [6.07, 6.45) is 1.41. The van der Waals surface area contributed by atoms with Crippen molar-refractivity contribution in [3.05, 3.63) is 6.33 Å². The van der Waals surface area contributed by atoms with E-state index in [9.17, 15) is 4.79 Å². The minimum atomic E-state index is -0.868. The molecule has 1 atom stereocenters. The molecule has 1 unspecified atom stereocenters. The molecule has 1 aromatic rings. The summed E-state index contributed by atoms with van der Waals surface area (Å²) in [4.78, 5) is 16.0. The van der Waals surface area contributed by atoms with Crippen LogP contribution in [-0.2, 0) is 4.79 Å². The Balaban J connectivity index is 2.71. The third-order valence-corrected chi connectivity index (χ3v) is 2.35. The Morgan fingerprint density at radius 1 is 1.83 bits per heavy atom. The van der Waals surface area contributed by atoms with Crippen molar-refractivity contribution < 1.29 is 9.90 Å². The second-order valence-electron chi connectivity index (χ2n) is 2.35. The Labute approximate surface area is 73.8 Å². The second kappa shape index (κ2) is 3.48. The number of carboxylic acid groups (broad SMARTS) is 1. The molecule has 0 aliphatic carbocycles. The number of likely N-dealkylation sites (N-methyl/N-ethyl adjacent to an activating group) is 1. The number of anilines is 1. The molecule has 1 N–H and O–H groups in total. The zero-order valence-corrected chi connectivity index (χ0v) is 7.58. The average molecular weight is 187 g/mol. The maximum absolute atomic E-state index is 10.6. The first kappa shape index (κ1) is 8.92. The van der Waals surface area contributed by atoms with Gasteiger partial charge >= 0.3 is 5.97 Å². The van der Waals surface area contributed by atoms with E-state index in [4.69, 9.17) is 5.11 Å². The number of carboxylic acids is 1. The van der Waals surface area contributed by atoms with Crippen molar-refractivity contribution in [3.63, 3.8) is 0 Å². The SMILES string of the molecule is CC(C(=O)O)N(C)c1ncns1. The van der Waals surface area contributed by atoms with Crippen LogP contribution in [0.5, 0.6) is 0 Å². The highest BCUT2D eigenvalue weighted by Crippen LogP contribution is 2.14. The van der Waals surface area contributed by atoms with Gasteiger partial charge in [-0.3, -0.25) is 0 Å². The summed E-state index contributed by atoms with van der Waals surface area (Å²) in [5.41, 5.74) is 0. The molecule has 12 heavy (non-hydrogen) atoms. The minimum Gasteiger partial charge on any atom is -0.480 e. The summed E-state index contributed by atoms with van der Waals surface area (Å²) in [5.74, 6) is -0.868. The third-order valence-electron chi connectivity index (χ3n) is 1.59. The van der Waals surface area contributed by atoms with Crippen LogP contribution in [0.3, 0.4) is 0 Å². The molecule has 0 bridgehead atoms. The summed E-state index contributed by atoms with van der Waals surface area (Å²) in [7, 11) is 1.68. The van der Waals surface area contributed by atoms with Gasteiger partial charge in [0.1, 0.15) is 12.4 Å². The van der Waals surface area contributed by atoms with Gasteiger partial charge in [0.25, 0.3) is 0 Å². The Morgan fingerprint density at radius 3 is 2.92 bits per heavy atom. The highest BCUT2D eigenvalue weighted by molar-refractivity contribution is 7.09. The van der Waals surface area contributed by atoms with E-state index in [-0.39, 0.29) is 0 Å².